The van der Waals surface area contributed by atoms with Gasteiger partial charge >= 0.3 is 0 Å². The lowest BCUT2D eigenvalue weighted by Crippen LogP contribution is -2.27. The molecule has 1 N–H and O–H groups in total. The summed E-state index contributed by atoms with van der Waals surface area (Å²) in [6.45, 7) is 0.381. The molecule has 6 nitrogen and oxygen atoms in total. The van der Waals surface area contributed by atoms with Crippen molar-refractivity contribution in [2.75, 3.05) is 0 Å². The number of aromatic nitrogens is 3. The van der Waals surface area contributed by atoms with E-state index in [0.717, 1.165) is 5.69 Å². The third kappa shape index (κ3) is 2.39. The van der Waals surface area contributed by atoms with Crippen LogP contribution in [0.3, 0.4) is 0 Å². The number of aryl methyl sites for hydroxylation is 2. The van der Waals surface area contributed by atoms with Crippen molar-refractivity contribution in [1.29, 1.82) is 0 Å². The normalized spacial score (nSPS) is 10.8. The molecule has 0 spiro atoms. The number of carbonyl (C=O) groups is 1. The van der Waals surface area contributed by atoms with Crippen LogP contribution >= 0.6 is 0 Å². The third-order valence-electron chi connectivity index (χ3n) is 3.69. The second kappa shape index (κ2) is 5.48. The standard InChI is InChI=1S/C16H16N4O2/c1-19-10-14(12-5-3-4-6-13(12)16(19)22)15(21)17-9-11-7-8-18-20(11)2/h3-8,10H,9H2,1-2H3,(H,17,21). The average Bonchev–Trinajstić information content (AvgIpc) is 2.94. The van der Waals surface area contributed by atoms with Gasteiger partial charge in [-0.25, -0.2) is 0 Å². The third-order valence-corrected chi connectivity index (χ3v) is 3.69. The zero-order valence-electron chi connectivity index (χ0n) is 12.4. The van der Waals surface area contributed by atoms with Gasteiger partial charge in [-0.2, -0.15) is 5.10 Å². The Bertz CT molecular complexity index is 908. The van der Waals surface area contributed by atoms with Crippen molar-refractivity contribution in [2.45, 2.75) is 6.54 Å². The van der Waals surface area contributed by atoms with Gasteiger partial charge in [0.05, 0.1) is 17.8 Å². The number of amides is 1. The summed E-state index contributed by atoms with van der Waals surface area (Å²) in [5.74, 6) is -0.215. The number of carbonyl (C=O) groups excluding carboxylic acids is 1. The molecule has 0 atom stereocenters. The molecule has 22 heavy (non-hydrogen) atoms. The molecule has 1 aromatic carbocycles. The highest BCUT2D eigenvalue weighted by Crippen LogP contribution is 2.15. The van der Waals surface area contributed by atoms with E-state index >= 15 is 0 Å². The van der Waals surface area contributed by atoms with Crippen molar-refractivity contribution in [3.05, 3.63) is 64.3 Å². The Kier molecular flexibility index (Phi) is 3.50. The van der Waals surface area contributed by atoms with Crippen molar-refractivity contribution in [3.63, 3.8) is 0 Å². The quantitative estimate of drug-likeness (QED) is 0.789. The highest BCUT2D eigenvalue weighted by Gasteiger charge is 2.13. The summed E-state index contributed by atoms with van der Waals surface area (Å²) in [4.78, 5) is 24.6. The SMILES string of the molecule is Cn1nccc1CNC(=O)c1cn(C)c(=O)c2ccccc12. The molecular weight excluding hydrogens is 280 g/mol. The Balaban J connectivity index is 1.96. The second-order valence-electron chi connectivity index (χ2n) is 5.13. The number of pyridine rings is 1. The van der Waals surface area contributed by atoms with Crippen molar-refractivity contribution in [3.8, 4) is 0 Å². The first-order valence-electron chi connectivity index (χ1n) is 6.91. The number of hydrogen-bond donors (Lipinski definition) is 1. The van der Waals surface area contributed by atoms with Crippen LogP contribution in [-0.2, 0) is 20.6 Å². The molecule has 3 aromatic rings. The van der Waals surface area contributed by atoms with Gasteiger partial charge < -0.3 is 9.88 Å². The summed E-state index contributed by atoms with van der Waals surface area (Å²) < 4.78 is 3.14. The van der Waals surface area contributed by atoms with Crippen molar-refractivity contribution >= 4 is 16.7 Å². The molecular formula is C16H16N4O2. The van der Waals surface area contributed by atoms with Gasteiger partial charge in [0.25, 0.3) is 11.5 Å². The average molecular weight is 296 g/mol. The van der Waals surface area contributed by atoms with Crippen molar-refractivity contribution < 1.29 is 4.79 Å². The molecule has 6 heteroatoms. The minimum atomic E-state index is -0.215. The molecule has 0 bridgehead atoms. The Hall–Kier alpha value is -2.89. The van der Waals surface area contributed by atoms with E-state index in [9.17, 15) is 9.59 Å². The minimum absolute atomic E-state index is 0.112. The Labute approximate surface area is 127 Å². The highest BCUT2D eigenvalue weighted by molar-refractivity contribution is 6.06. The van der Waals surface area contributed by atoms with E-state index in [4.69, 9.17) is 0 Å². The molecule has 0 aliphatic heterocycles. The molecule has 1 amide bonds. The lowest BCUT2D eigenvalue weighted by molar-refractivity contribution is 0.0951. The summed E-state index contributed by atoms with van der Waals surface area (Å²) in [5, 5.41) is 8.13. The van der Waals surface area contributed by atoms with Crippen LogP contribution in [-0.4, -0.2) is 20.3 Å². The van der Waals surface area contributed by atoms with Crippen LogP contribution in [0.15, 0.2) is 47.5 Å². The van der Waals surface area contributed by atoms with Gasteiger partial charge in [0.2, 0.25) is 0 Å². The molecule has 0 saturated heterocycles. The first-order chi connectivity index (χ1) is 10.6. The van der Waals surface area contributed by atoms with Gasteiger partial charge in [-0.15, -0.1) is 0 Å². The largest absolute Gasteiger partial charge is 0.346 e. The topological polar surface area (TPSA) is 68.9 Å². The summed E-state index contributed by atoms with van der Waals surface area (Å²) in [7, 11) is 3.47. The molecule has 0 fully saturated rings. The maximum atomic E-state index is 12.5. The number of benzene rings is 1. The van der Waals surface area contributed by atoms with Crippen LogP contribution in [0.25, 0.3) is 10.8 Å². The lowest BCUT2D eigenvalue weighted by Gasteiger charge is -2.10. The molecule has 0 saturated carbocycles. The van der Waals surface area contributed by atoms with Gasteiger partial charge in [-0.3, -0.25) is 14.3 Å². The van der Waals surface area contributed by atoms with Gasteiger partial charge in [0.1, 0.15) is 0 Å². The first-order valence-corrected chi connectivity index (χ1v) is 6.91. The number of nitrogens with one attached hydrogen (secondary N) is 1. The smallest absolute Gasteiger partial charge is 0.258 e. The summed E-state index contributed by atoms with van der Waals surface area (Å²) in [5.41, 5.74) is 1.28. The van der Waals surface area contributed by atoms with Gasteiger partial charge in [-0.05, 0) is 12.1 Å². The number of hydrogen-bond acceptors (Lipinski definition) is 3. The maximum absolute atomic E-state index is 12.5. The molecule has 3 rings (SSSR count). The Morgan fingerprint density at radius 2 is 1.91 bits per heavy atom. The van der Waals surface area contributed by atoms with Crippen LogP contribution in [0, 0.1) is 0 Å². The van der Waals surface area contributed by atoms with Gasteiger partial charge in [-0.1, -0.05) is 18.2 Å². The molecule has 0 unspecified atom stereocenters. The predicted molar refractivity (Wildman–Crippen MR) is 83.6 cm³/mol. The molecule has 0 aliphatic rings. The van der Waals surface area contributed by atoms with Crippen molar-refractivity contribution in [2.24, 2.45) is 14.1 Å². The summed E-state index contributed by atoms with van der Waals surface area (Å²) >= 11 is 0. The minimum Gasteiger partial charge on any atom is -0.346 e. The van der Waals surface area contributed by atoms with Gasteiger partial charge in [0, 0.05) is 37.3 Å². The van der Waals surface area contributed by atoms with E-state index in [2.05, 4.69) is 10.4 Å². The van der Waals surface area contributed by atoms with Crippen LogP contribution in [0.1, 0.15) is 16.1 Å². The van der Waals surface area contributed by atoms with E-state index in [1.165, 1.54) is 4.57 Å². The van der Waals surface area contributed by atoms with Crippen LogP contribution in [0.2, 0.25) is 0 Å². The zero-order chi connectivity index (χ0) is 15.7. The fourth-order valence-electron chi connectivity index (χ4n) is 2.44. The van der Waals surface area contributed by atoms with E-state index in [0.29, 0.717) is 22.9 Å². The van der Waals surface area contributed by atoms with E-state index < -0.39 is 0 Å². The fourth-order valence-corrected chi connectivity index (χ4v) is 2.44. The van der Waals surface area contributed by atoms with Crippen molar-refractivity contribution in [1.82, 2.24) is 19.7 Å². The highest BCUT2D eigenvalue weighted by atomic mass is 16.2. The van der Waals surface area contributed by atoms with Crippen LogP contribution in [0.5, 0.6) is 0 Å². The number of nitrogens with zero attached hydrogens (tertiary/aromatic N) is 3. The van der Waals surface area contributed by atoms with Crippen LogP contribution in [0.4, 0.5) is 0 Å². The van der Waals surface area contributed by atoms with E-state index in [-0.39, 0.29) is 11.5 Å². The molecule has 2 aromatic heterocycles. The first kappa shape index (κ1) is 14.1. The molecule has 112 valence electrons. The zero-order valence-corrected chi connectivity index (χ0v) is 12.4. The Morgan fingerprint density at radius 1 is 1.18 bits per heavy atom. The van der Waals surface area contributed by atoms with E-state index in [1.807, 2.05) is 19.2 Å². The lowest BCUT2D eigenvalue weighted by atomic mass is 10.1. The maximum Gasteiger partial charge on any atom is 0.258 e. The van der Waals surface area contributed by atoms with E-state index in [1.54, 1.807) is 42.3 Å². The summed E-state index contributed by atoms with van der Waals surface area (Å²) in [6, 6.07) is 8.98. The monoisotopic (exact) mass is 296 g/mol. The number of fused-ring (bicyclic) bond motifs is 1. The second-order valence-corrected chi connectivity index (χ2v) is 5.13. The molecule has 0 radical (unpaired) electrons. The summed E-state index contributed by atoms with van der Waals surface area (Å²) in [6.07, 6.45) is 3.26. The molecule has 0 aliphatic carbocycles. The fraction of sp³-hybridized carbons (Fsp3) is 0.188. The van der Waals surface area contributed by atoms with Crippen LogP contribution < -0.4 is 10.9 Å². The Morgan fingerprint density at radius 3 is 2.59 bits per heavy atom. The number of rotatable bonds is 3. The van der Waals surface area contributed by atoms with Gasteiger partial charge in [0.15, 0.2) is 0 Å². The molecule has 2 heterocycles. The predicted octanol–water partition coefficient (Wildman–Crippen LogP) is 1.20.